The van der Waals surface area contributed by atoms with Crippen LogP contribution in [0.25, 0.3) is 27.2 Å². The van der Waals surface area contributed by atoms with Crippen molar-refractivity contribution in [2.75, 3.05) is 7.11 Å². The number of aryl methyl sites for hydroxylation is 2. The van der Waals surface area contributed by atoms with Gasteiger partial charge < -0.3 is 4.74 Å². The maximum absolute atomic E-state index is 5.30. The lowest BCUT2D eigenvalue weighted by atomic mass is 9.79. The number of benzene rings is 3. The molecule has 6 rings (SSSR count). The molecule has 4 aromatic rings. The third-order valence-corrected chi connectivity index (χ3v) is 6.55. The van der Waals surface area contributed by atoms with Crippen LogP contribution in [-0.2, 0) is 17.8 Å². The van der Waals surface area contributed by atoms with E-state index in [1.807, 2.05) is 30.5 Å². The van der Waals surface area contributed by atoms with E-state index >= 15 is 0 Å². The molecule has 3 aromatic carbocycles. The highest BCUT2D eigenvalue weighted by Gasteiger charge is 2.21. The van der Waals surface area contributed by atoms with Crippen molar-refractivity contribution in [3.63, 3.8) is 0 Å². The summed E-state index contributed by atoms with van der Waals surface area (Å²) >= 11 is 0. The molecule has 0 saturated carbocycles. The van der Waals surface area contributed by atoms with Crippen molar-refractivity contribution in [2.45, 2.75) is 39.2 Å². The van der Waals surface area contributed by atoms with Crippen molar-refractivity contribution >= 4 is 27.2 Å². The third kappa shape index (κ3) is 3.99. The Labute approximate surface area is 190 Å². The Bertz CT molecular complexity index is 1280. The standard InChI is InChI=1S/C21H22O.C9H7N/c1-14-11-15(13-22-2)12-17-8-9-19-18-6-4-3-5-16(18)7-10-20(19)21(14)17;1-2-6-9-8(4-1)5-3-7-10-9/h4,6,8-9,11-12H,3,5,7,10,13H2,1-2H3;1-7H. The molecule has 0 aliphatic heterocycles. The van der Waals surface area contributed by atoms with Crippen LogP contribution in [0.15, 0.2) is 84.6 Å². The van der Waals surface area contributed by atoms with Crippen LogP contribution in [0, 0.1) is 6.92 Å². The lowest BCUT2D eigenvalue weighted by Crippen LogP contribution is -2.07. The van der Waals surface area contributed by atoms with E-state index in [-0.39, 0.29) is 0 Å². The second-order valence-corrected chi connectivity index (χ2v) is 8.69. The van der Waals surface area contributed by atoms with Gasteiger partial charge in [-0.05, 0) is 89.4 Å². The summed E-state index contributed by atoms with van der Waals surface area (Å²) < 4.78 is 5.30. The fourth-order valence-electron chi connectivity index (χ4n) is 5.15. The largest absolute Gasteiger partial charge is 0.380 e. The van der Waals surface area contributed by atoms with Gasteiger partial charge in [0.2, 0.25) is 0 Å². The fraction of sp³-hybridized carbons (Fsp3) is 0.233. The number of allylic oxidation sites excluding steroid dienone is 4. The van der Waals surface area contributed by atoms with Crippen LogP contribution < -0.4 is 0 Å². The van der Waals surface area contributed by atoms with E-state index < -0.39 is 0 Å². The Morgan fingerprint density at radius 3 is 2.66 bits per heavy atom. The number of fused-ring (bicyclic) bond motifs is 5. The Morgan fingerprint density at radius 2 is 1.78 bits per heavy atom. The molecule has 2 heteroatoms. The van der Waals surface area contributed by atoms with Crippen LogP contribution in [0.1, 0.15) is 41.5 Å². The zero-order valence-corrected chi connectivity index (χ0v) is 18.9. The van der Waals surface area contributed by atoms with Gasteiger partial charge in [-0.25, -0.2) is 0 Å². The molecule has 1 heterocycles. The Morgan fingerprint density at radius 1 is 0.906 bits per heavy atom. The van der Waals surface area contributed by atoms with Gasteiger partial charge in [0.25, 0.3) is 0 Å². The molecule has 0 atom stereocenters. The first-order valence-corrected chi connectivity index (χ1v) is 11.5. The van der Waals surface area contributed by atoms with Crippen molar-refractivity contribution in [3.05, 3.63) is 107 Å². The summed E-state index contributed by atoms with van der Waals surface area (Å²) in [6.45, 7) is 2.92. The highest BCUT2D eigenvalue weighted by atomic mass is 16.5. The first kappa shape index (κ1) is 20.7. The lowest BCUT2D eigenvalue weighted by molar-refractivity contribution is 0.185. The van der Waals surface area contributed by atoms with Crippen molar-refractivity contribution in [1.29, 1.82) is 0 Å². The van der Waals surface area contributed by atoms with Crippen LogP contribution >= 0.6 is 0 Å². The second-order valence-electron chi connectivity index (χ2n) is 8.69. The number of aromatic nitrogens is 1. The average Bonchev–Trinajstić information content (AvgIpc) is 2.84. The molecule has 0 radical (unpaired) electrons. The Hall–Kier alpha value is -3.23. The number of hydrogen-bond donors (Lipinski definition) is 0. The first-order chi connectivity index (χ1) is 15.7. The molecular formula is C30H29NO. The van der Waals surface area contributed by atoms with E-state index in [1.165, 1.54) is 64.1 Å². The zero-order valence-electron chi connectivity index (χ0n) is 18.9. The van der Waals surface area contributed by atoms with Gasteiger partial charge in [0.15, 0.2) is 0 Å². The van der Waals surface area contributed by atoms with Gasteiger partial charge in [0, 0.05) is 18.7 Å². The SMILES string of the molecule is COCc1cc(C)c2c3c(ccc2c1)C1=C(CCC=C1)CC3.c1ccc2ncccc2c1. The van der Waals surface area contributed by atoms with E-state index in [0.717, 1.165) is 5.52 Å². The van der Waals surface area contributed by atoms with Crippen molar-refractivity contribution in [1.82, 2.24) is 4.98 Å². The van der Waals surface area contributed by atoms with E-state index in [0.29, 0.717) is 6.61 Å². The Balaban J connectivity index is 0.000000180. The minimum absolute atomic E-state index is 0.686. The molecule has 1 aromatic heterocycles. The quantitative estimate of drug-likeness (QED) is 0.334. The van der Waals surface area contributed by atoms with Gasteiger partial charge >= 0.3 is 0 Å². The number of pyridine rings is 1. The summed E-state index contributed by atoms with van der Waals surface area (Å²) in [7, 11) is 1.76. The Kier molecular flexibility index (Phi) is 5.87. The molecule has 0 N–H and O–H groups in total. The van der Waals surface area contributed by atoms with E-state index in [1.54, 1.807) is 18.2 Å². The summed E-state index contributed by atoms with van der Waals surface area (Å²) in [5.41, 5.74) is 9.87. The van der Waals surface area contributed by atoms with Gasteiger partial charge in [0.1, 0.15) is 0 Å². The molecule has 0 spiro atoms. The van der Waals surface area contributed by atoms with Crippen LogP contribution in [0.5, 0.6) is 0 Å². The first-order valence-electron chi connectivity index (χ1n) is 11.5. The summed E-state index contributed by atoms with van der Waals surface area (Å²) in [5, 5.41) is 4.02. The fourth-order valence-corrected chi connectivity index (χ4v) is 5.15. The van der Waals surface area contributed by atoms with Crippen LogP contribution in [0.4, 0.5) is 0 Å². The monoisotopic (exact) mass is 419 g/mol. The lowest BCUT2D eigenvalue weighted by Gasteiger charge is -2.26. The van der Waals surface area contributed by atoms with Crippen LogP contribution in [0.2, 0.25) is 0 Å². The second kappa shape index (κ2) is 9.10. The van der Waals surface area contributed by atoms with Crippen molar-refractivity contribution < 1.29 is 4.74 Å². The number of methoxy groups -OCH3 is 1. The molecule has 32 heavy (non-hydrogen) atoms. The molecule has 2 aliphatic carbocycles. The molecule has 160 valence electrons. The number of nitrogens with zero attached hydrogens (tertiary/aromatic N) is 1. The normalized spacial score (nSPS) is 14.7. The highest BCUT2D eigenvalue weighted by molar-refractivity contribution is 5.96. The van der Waals surface area contributed by atoms with Crippen molar-refractivity contribution in [3.8, 4) is 0 Å². The molecular weight excluding hydrogens is 390 g/mol. The van der Waals surface area contributed by atoms with Crippen LogP contribution in [-0.4, -0.2) is 12.1 Å². The topological polar surface area (TPSA) is 22.1 Å². The highest BCUT2D eigenvalue weighted by Crippen LogP contribution is 2.40. The summed E-state index contributed by atoms with van der Waals surface area (Å²) in [4.78, 5) is 4.18. The smallest absolute Gasteiger partial charge is 0.0713 e. The minimum atomic E-state index is 0.686. The van der Waals surface area contributed by atoms with Gasteiger partial charge in [-0.3, -0.25) is 4.98 Å². The molecule has 0 saturated heterocycles. The third-order valence-electron chi connectivity index (χ3n) is 6.55. The van der Waals surface area contributed by atoms with Gasteiger partial charge in [-0.2, -0.15) is 0 Å². The summed E-state index contributed by atoms with van der Waals surface area (Å²) in [5.74, 6) is 0. The van der Waals surface area contributed by atoms with Gasteiger partial charge in [-0.1, -0.05) is 60.2 Å². The number of para-hydroxylation sites is 1. The molecule has 0 fully saturated rings. The molecule has 2 aliphatic rings. The molecule has 0 bridgehead atoms. The van der Waals surface area contributed by atoms with Crippen LogP contribution in [0.3, 0.4) is 0 Å². The van der Waals surface area contributed by atoms with E-state index in [9.17, 15) is 0 Å². The van der Waals surface area contributed by atoms with E-state index in [4.69, 9.17) is 4.74 Å². The molecule has 0 amide bonds. The van der Waals surface area contributed by atoms with E-state index in [2.05, 4.69) is 60.5 Å². The van der Waals surface area contributed by atoms with Gasteiger partial charge in [0.05, 0.1) is 12.1 Å². The maximum Gasteiger partial charge on any atom is 0.0713 e. The average molecular weight is 420 g/mol. The summed E-state index contributed by atoms with van der Waals surface area (Å²) in [6.07, 6.45) is 11.3. The number of rotatable bonds is 2. The predicted molar refractivity (Wildman–Crippen MR) is 135 cm³/mol. The molecule has 0 unspecified atom stereocenters. The minimum Gasteiger partial charge on any atom is -0.380 e. The number of hydrogen-bond acceptors (Lipinski definition) is 2. The van der Waals surface area contributed by atoms with Gasteiger partial charge in [-0.15, -0.1) is 0 Å². The maximum atomic E-state index is 5.30. The summed E-state index contributed by atoms with van der Waals surface area (Å²) in [6, 6.07) is 21.3. The number of ether oxygens (including phenoxy) is 1. The predicted octanol–water partition coefficient (Wildman–Crippen LogP) is 7.58. The zero-order chi connectivity index (χ0) is 21.9. The van der Waals surface area contributed by atoms with Crippen molar-refractivity contribution in [2.24, 2.45) is 0 Å². The molecule has 2 nitrogen and oxygen atoms in total.